The van der Waals surface area contributed by atoms with Gasteiger partial charge in [-0.2, -0.15) is 5.26 Å². The summed E-state index contributed by atoms with van der Waals surface area (Å²) < 4.78 is 5.28. The average molecular weight is 314 g/mol. The zero-order chi connectivity index (χ0) is 15.7. The van der Waals surface area contributed by atoms with Gasteiger partial charge in [0.25, 0.3) is 11.5 Å². The Morgan fingerprint density at radius 3 is 2.95 bits per heavy atom. The minimum Gasteiger partial charge on any atom is -0.482 e. The lowest BCUT2D eigenvalue weighted by atomic mass is 10.1. The van der Waals surface area contributed by atoms with Crippen molar-refractivity contribution < 1.29 is 9.53 Å². The summed E-state index contributed by atoms with van der Waals surface area (Å²) in [6.07, 6.45) is 1.77. The third-order valence-electron chi connectivity index (χ3n) is 3.09. The van der Waals surface area contributed by atoms with E-state index in [0.29, 0.717) is 22.2 Å². The molecule has 2 N–H and O–H groups in total. The highest BCUT2D eigenvalue weighted by Crippen LogP contribution is 2.32. The highest BCUT2D eigenvalue weighted by atomic mass is 32.2. The minimum atomic E-state index is -0.491. The molecular formula is C14H10N4O3S. The predicted molar refractivity (Wildman–Crippen MR) is 80.9 cm³/mol. The van der Waals surface area contributed by atoms with Gasteiger partial charge in [0.15, 0.2) is 11.8 Å². The molecule has 1 aromatic carbocycles. The largest absolute Gasteiger partial charge is 0.482 e. The monoisotopic (exact) mass is 314 g/mol. The van der Waals surface area contributed by atoms with E-state index in [0.717, 1.165) is 0 Å². The molecular weight excluding hydrogens is 304 g/mol. The molecule has 0 unspecified atom stereocenters. The zero-order valence-corrected chi connectivity index (χ0v) is 12.3. The average Bonchev–Trinajstić information content (AvgIpc) is 2.53. The fraction of sp³-hybridized carbons (Fsp3) is 0.143. The molecule has 8 heteroatoms. The van der Waals surface area contributed by atoms with Crippen LogP contribution < -0.4 is 15.6 Å². The molecule has 1 aliphatic heterocycles. The number of aromatic amines is 1. The number of carbonyl (C=O) groups is 1. The molecule has 110 valence electrons. The van der Waals surface area contributed by atoms with Gasteiger partial charge in [-0.25, -0.2) is 4.98 Å². The van der Waals surface area contributed by atoms with Gasteiger partial charge in [-0.1, -0.05) is 11.8 Å². The van der Waals surface area contributed by atoms with Crippen molar-refractivity contribution in [3.05, 3.63) is 34.1 Å². The number of ether oxygens (including phenoxy) is 1. The molecule has 0 aliphatic carbocycles. The number of nitriles is 1. The van der Waals surface area contributed by atoms with Crippen molar-refractivity contribution in [3.63, 3.8) is 0 Å². The lowest BCUT2D eigenvalue weighted by molar-refractivity contribution is -0.118. The number of H-pyrrole nitrogens is 1. The summed E-state index contributed by atoms with van der Waals surface area (Å²) in [4.78, 5) is 30.2. The molecule has 22 heavy (non-hydrogen) atoms. The van der Waals surface area contributed by atoms with Gasteiger partial charge >= 0.3 is 0 Å². The summed E-state index contributed by atoms with van der Waals surface area (Å²) in [6.45, 7) is -0.0321. The molecule has 0 fully saturated rings. The van der Waals surface area contributed by atoms with Gasteiger partial charge in [-0.3, -0.25) is 9.59 Å². The summed E-state index contributed by atoms with van der Waals surface area (Å²) >= 11 is 1.27. The van der Waals surface area contributed by atoms with Crippen LogP contribution in [0.5, 0.6) is 5.75 Å². The Morgan fingerprint density at radius 2 is 2.23 bits per heavy atom. The number of nitrogens with one attached hydrogen (secondary N) is 2. The van der Waals surface area contributed by atoms with Crippen LogP contribution in [0.25, 0.3) is 11.3 Å². The molecule has 7 nitrogen and oxygen atoms in total. The summed E-state index contributed by atoms with van der Waals surface area (Å²) in [5, 5.41) is 12.3. The van der Waals surface area contributed by atoms with Gasteiger partial charge in [-0.05, 0) is 24.5 Å². The predicted octanol–water partition coefficient (Wildman–Crippen LogP) is 1.36. The first-order valence-electron chi connectivity index (χ1n) is 6.28. The van der Waals surface area contributed by atoms with E-state index < -0.39 is 5.56 Å². The van der Waals surface area contributed by atoms with Crippen molar-refractivity contribution >= 4 is 23.4 Å². The maximum atomic E-state index is 11.9. The lowest BCUT2D eigenvalue weighted by Gasteiger charge is -2.18. The summed E-state index contributed by atoms with van der Waals surface area (Å²) in [5.74, 6) is 0.283. The highest BCUT2D eigenvalue weighted by molar-refractivity contribution is 7.98. The normalized spacial score (nSPS) is 12.8. The van der Waals surface area contributed by atoms with Crippen LogP contribution in [-0.4, -0.2) is 28.7 Å². The van der Waals surface area contributed by atoms with E-state index in [9.17, 15) is 14.9 Å². The van der Waals surface area contributed by atoms with Crippen LogP contribution in [0.1, 0.15) is 5.56 Å². The number of thioether (sulfide) groups is 1. The summed E-state index contributed by atoms with van der Waals surface area (Å²) in [7, 11) is 0. The van der Waals surface area contributed by atoms with Crippen LogP contribution >= 0.6 is 11.8 Å². The number of aromatic nitrogens is 2. The van der Waals surface area contributed by atoms with Gasteiger partial charge in [0.1, 0.15) is 17.4 Å². The molecule has 0 radical (unpaired) electrons. The number of nitrogens with zero attached hydrogens (tertiary/aromatic N) is 2. The minimum absolute atomic E-state index is 0.0321. The van der Waals surface area contributed by atoms with Gasteiger partial charge < -0.3 is 15.0 Å². The van der Waals surface area contributed by atoms with E-state index in [2.05, 4.69) is 15.3 Å². The van der Waals surface area contributed by atoms with Gasteiger partial charge in [0.05, 0.1) is 11.4 Å². The Labute approximate surface area is 129 Å². The van der Waals surface area contributed by atoms with Crippen LogP contribution in [0.3, 0.4) is 0 Å². The van der Waals surface area contributed by atoms with Crippen LogP contribution in [0.15, 0.2) is 28.2 Å². The first-order chi connectivity index (χ1) is 10.6. The standard InChI is InChI=1S/C14H10N4O3S/c1-22-14-17-12(8(5-15)13(20)18-14)7-2-3-10-9(4-7)16-11(19)6-21-10/h2-4H,6H2,1H3,(H,16,19)(H,17,18,20). The number of benzene rings is 1. The molecule has 2 aromatic rings. The molecule has 0 spiro atoms. The second-order valence-corrected chi connectivity index (χ2v) is 5.25. The van der Waals surface area contributed by atoms with E-state index in [4.69, 9.17) is 4.74 Å². The lowest BCUT2D eigenvalue weighted by Crippen LogP contribution is -2.25. The second kappa shape index (κ2) is 5.54. The van der Waals surface area contributed by atoms with Gasteiger partial charge in [-0.15, -0.1) is 0 Å². The van der Waals surface area contributed by atoms with Crippen molar-refractivity contribution in [2.45, 2.75) is 5.16 Å². The smallest absolute Gasteiger partial charge is 0.270 e. The Balaban J connectivity index is 2.18. The van der Waals surface area contributed by atoms with E-state index in [1.807, 2.05) is 6.07 Å². The maximum absolute atomic E-state index is 11.9. The molecule has 0 bridgehead atoms. The molecule has 1 amide bonds. The topological polar surface area (TPSA) is 108 Å². The Kier molecular flexibility index (Phi) is 3.56. The fourth-order valence-electron chi connectivity index (χ4n) is 2.09. The van der Waals surface area contributed by atoms with E-state index >= 15 is 0 Å². The molecule has 1 aromatic heterocycles. The Bertz CT molecular complexity index is 869. The van der Waals surface area contributed by atoms with Crippen LogP contribution in [-0.2, 0) is 4.79 Å². The highest BCUT2D eigenvalue weighted by Gasteiger charge is 2.19. The summed E-state index contributed by atoms with van der Waals surface area (Å²) in [6, 6.07) is 6.88. The fourth-order valence-corrected chi connectivity index (χ4v) is 2.47. The molecule has 2 heterocycles. The quantitative estimate of drug-likeness (QED) is 0.640. The molecule has 0 saturated carbocycles. The Morgan fingerprint density at radius 1 is 1.41 bits per heavy atom. The number of amides is 1. The van der Waals surface area contributed by atoms with Crippen molar-refractivity contribution in [2.75, 3.05) is 18.2 Å². The molecule has 1 aliphatic rings. The summed E-state index contributed by atoms with van der Waals surface area (Å²) in [5.41, 5.74) is 0.766. The van der Waals surface area contributed by atoms with Gasteiger partial charge in [0.2, 0.25) is 0 Å². The van der Waals surface area contributed by atoms with E-state index in [1.165, 1.54) is 11.8 Å². The van der Waals surface area contributed by atoms with Crippen LogP contribution in [0.2, 0.25) is 0 Å². The van der Waals surface area contributed by atoms with Crippen LogP contribution in [0, 0.1) is 11.3 Å². The number of anilines is 1. The third kappa shape index (κ3) is 2.42. The zero-order valence-electron chi connectivity index (χ0n) is 11.5. The van der Waals surface area contributed by atoms with Crippen LogP contribution in [0.4, 0.5) is 5.69 Å². The first kappa shape index (κ1) is 14.2. The van der Waals surface area contributed by atoms with Gasteiger partial charge in [0, 0.05) is 5.56 Å². The first-order valence-corrected chi connectivity index (χ1v) is 7.50. The molecule has 0 saturated heterocycles. The third-order valence-corrected chi connectivity index (χ3v) is 3.67. The number of hydrogen-bond donors (Lipinski definition) is 2. The van der Waals surface area contributed by atoms with E-state index in [-0.39, 0.29) is 23.8 Å². The van der Waals surface area contributed by atoms with Crippen molar-refractivity contribution in [1.82, 2.24) is 9.97 Å². The number of fused-ring (bicyclic) bond motifs is 1. The Hall–Kier alpha value is -2.79. The van der Waals surface area contributed by atoms with Crippen molar-refractivity contribution in [3.8, 4) is 23.1 Å². The SMILES string of the molecule is CSc1nc(-c2ccc3c(c2)NC(=O)CO3)c(C#N)c(=O)[nH]1. The maximum Gasteiger partial charge on any atom is 0.270 e. The van der Waals surface area contributed by atoms with Crippen molar-refractivity contribution in [2.24, 2.45) is 0 Å². The van der Waals surface area contributed by atoms with Crippen molar-refractivity contribution in [1.29, 1.82) is 5.26 Å². The second-order valence-electron chi connectivity index (χ2n) is 4.46. The number of rotatable bonds is 2. The number of carbonyl (C=O) groups excluding carboxylic acids is 1. The molecule has 0 atom stereocenters. The van der Waals surface area contributed by atoms with E-state index in [1.54, 1.807) is 24.5 Å². The molecule has 3 rings (SSSR count). The number of hydrogen-bond acceptors (Lipinski definition) is 6.